The minimum atomic E-state index is 0.468. The van der Waals surface area contributed by atoms with Crippen molar-refractivity contribution in [1.82, 2.24) is 14.8 Å². The van der Waals surface area contributed by atoms with Crippen molar-refractivity contribution in [1.29, 1.82) is 0 Å². The number of nitrogens with zero attached hydrogens (tertiary/aromatic N) is 3. The molecule has 0 saturated carbocycles. The number of thiazole rings is 1. The average Bonchev–Trinajstić information content (AvgIpc) is 2.70. The van der Waals surface area contributed by atoms with Crippen molar-refractivity contribution < 1.29 is 0 Å². The molecule has 0 unspecified atom stereocenters. The van der Waals surface area contributed by atoms with Gasteiger partial charge in [-0.1, -0.05) is 12.2 Å². The standard InChI is InChI=1S/C12H20N4S2/c1-9-11(12(13)17)18-10(14-9)3-4-16-7-5-15(2)6-8-16/h3-8H2,1-2H3,(H2,13,17). The van der Waals surface area contributed by atoms with E-state index in [9.17, 15) is 0 Å². The first-order chi connectivity index (χ1) is 8.56. The van der Waals surface area contributed by atoms with Gasteiger partial charge in [0, 0.05) is 39.1 Å². The first-order valence-electron chi connectivity index (χ1n) is 6.23. The van der Waals surface area contributed by atoms with Crippen molar-refractivity contribution >= 4 is 28.5 Å². The van der Waals surface area contributed by atoms with Gasteiger partial charge in [0.15, 0.2) is 0 Å². The fourth-order valence-electron chi connectivity index (χ4n) is 2.11. The second-order valence-electron chi connectivity index (χ2n) is 4.78. The summed E-state index contributed by atoms with van der Waals surface area (Å²) in [6, 6.07) is 0. The van der Waals surface area contributed by atoms with Crippen molar-refractivity contribution in [2.75, 3.05) is 39.8 Å². The molecule has 0 atom stereocenters. The summed E-state index contributed by atoms with van der Waals surface area (Å²) in [5, 5.41) is 1.15. The van der Waals surface area contributed by atoms with Gasteiger partial charge in [0.1, 0.15) is 4.99 Å². The number of likely N-dealkylation sites (N-methyl/N-ethyl adjacent to an activating group) is 1. The van der Waals surface area contributed by atoms with E-state index in [4.69, 9.17) is 18.0 Å². The van der Waals surface area contributed by atoms with Gasteiger partial charge in [0.05, 0.1) is 15.6 Å². The Labute approximate surface area is 118 Å². The monoisotopic (exact) mass is 284 g/mol. The smallest absolute Gasteiger partial charge is 0.116 e. The molecule has 4 nitrogen and oxygen atoms in total. The van der Waals surface area contributed by atoms with Gasteiger partial charge in [-0.2, -0.15) is 0 Å². The van der Waals surface area contributed by atoms with Crippen LogP contribution in [0.15, 0.2) is 0 Å². The zero-order chi connectivity index (χ0) is 13.1. The quantitative estimate of drug-likeness (QED) is 0.832. The highest BCUT2D eigenvalue weighted by Gasteiger charge is 2.15. The molecule has 1 saturated heterocycles. The Morgan fingerprint density at radius 1 is 1.39 bits per heavy atom. The number of nitrogens with two attached hydrogens (primary N) is 1. The Balaban J connectivity index is 1.86. The van der Waals surface area contributed by atoms with Gasteiger partial charge in [-0.25, -0.2) is 4.98 Å². The van der Waals surface area contributed by atoms with E-state index >= 15 is 0 Å². The highest BCUT2D eigenvalue weighted by Crippen LogP contribution is 2.18. The summed E-state index contributed by atoms with van der Waals surface area (Å²) in [5.74, 6) is 0. The van der Waals surface area contributed by atoms with Gasteiger partial charge >= 0.3 is 0 Å². The third-order valence-electron chi connectivity index (χ3n) is 3.30. The lowest BCUT2D eigenvalue weighted by molar-refractivity contribution is 0.155. The lowest BCUT2D eigenvalue weighted by Crippen LogP contribution is -2.45. The number of aryl methyl sites for hydroxylation is 1. The fraction of sp³-hybridized carbons (Fsp3) is 0.667. The molecule has 1 aliphatic rings. The zero-order valence-electron chi connectivity index (χ0n) is 11.0. The molecule has 1 fully saturated rings. The van der Waals surface area contributed by atoms with Crippen LogP contribution in [0.25, 0.3) is 0 Å². The predicted octanol–water partition coefficient (Wildman–Crippen LogP) is 0.876. The van der Waals surface area contributed by atoms with Gasteiger partial charge in [-0.15, -0.1) is 11.3 Å². The minimum absolute atomic E-state index is 0.468. The van der Waals surface area contributed by atoms with Gasteiger partial charge in [-0.3, -0.25) is 0 Å². The molecule has 0 amide bonds. The third kappa shape index (κ3) is 3.47. The predicted molar refractivity (Wildman–Crippen MR) is 80.4 cm³/mol. The molecule has 1 aromatic heterocycles. The molecule has 0 spiro atoms. The number of thiocarbonyl (C=S) groups is 1. The van der Waals surface area contributed by atoms with Crippen molar-refractivity contribution in [3.05, 3.63) is 15.6 Å². The van der Waals surface area contributed by atoms with Crippen LogP contribution < -0.4 is 5.73 Å². The van der Waals surface area contributed by atoms with Crippen LogP contribution in [0.5, 0.6) is 0 Å². The van der Waals surface area contributed by atoms with Gasteiger partial charge < -0.3 is 15.5 Å². The highest BCUT2D eigenvalue weighted by molar-refractivity contribution is 7.81. The maximum Gasteiger partial charge on any atom is 0.116 e. The summed E-state index contributed by atoms with van der Waals surface area (Å²) in [6.07, 6.45) is 0.998. The Hall–Kier alpha value is -0.560. The summed E-state index contributed by atoms with van der Waals surface area (Å²) in [7, 11) is 2.18. The third-order valence-corrected chi connectivity index (χ3v) is 4.89. The topological polar surface area (TPSA) is 45.4 Å². The maximum absolute atomic E-state index is 5.67. The first kappa shape index (κ1) is 13.9. The van der Waals surface area contributed by atoms with Crippen LogP contribution in [0.3, 0.4) is 0 Å². The van der Waals surface area contributed by atoms with Crippen LogP contribution in [-0.4, -0.2) is 59.5 Å². The van der Waals surface area contributed by atoms with Crippen LogP contribution >= 0.6 is 23.6 Å². The molecule has 0 radical (unpaired) electrons. The van der Waals surface area contributed by atoms with E-state index in [0.717, 1.165) is 54.7 Å². The van der Waals surface area contributed by atoms with E-state index in [0.29, 0.717) is 4.99 Å². The Morgan fingerprint density at radius 3 is 2.61 bits per heavy atom. The molecule has 2 N–H and O–H groups in total. The largest absolute Gasteiger partial charge is 0.389 e. The van der Waals surface area contributed by atoms with Gasteiger partial charge in [-0.05, 0) is 14.0 Å². The van der Waals surface area contributed by atoms with Crippen molar-refractivity contribution in [3.8, 4) is 0 Å². The van der Waals surface area contributed by atoms with Crippen LogP contribution in [-0.2, 0) is 6.42 Å². The van der Waals surface area contributed by atoms with Crippen molar-refractivity contribution in [2.45, 2.75) is 13.3 Å². The van der Waals surface area contributed by atoms with Crippen LogP contribution in [0.2, 0.25) is 0 Å². The summed E-state index contributed by atoms with van der Waals surface area (Å²) >= 11 is 6.66. The Kier molecular flexibility index (Phi) is 4.66. The number of piperazine rings is 1. The molecular weight excluding hydrogens is 264 g/mol. The second-order valence-corrected chi connectivity index (χ2v) is 6.30. The maximum atomic E-state index is 5.67. The molecule has 1 aliphatic heterocycles. The van der Waals surface area contributed by atoms with Gasteiger partial charge in [0.25, 0.3) is 0 Å². The molecular formula is C12H20N4S2. The van der Waals surface area contributed by atoms with Gasteiger partial charge in [0.2, 0.25) is 0 Å². The molecule has 0 aliphatic carbocycles. The molecule has 1 aromatic rings. The molecule has 0 aromatic carbocycles. The van der Waals surface area contributed by atoms with E-state index in [2.05, 4.69) is 21.8 Å². The lowest BCUT2D eigenvalue weighted by atomic mass is 10.3. The van der Waals surface area contributed by atoms with Crippen LogP contribution in [0.4, 0.5) is 0 Å². The lowest BCUT2D eigenvalue weighted by Gasteiger charge is -2.32. The molecule has 100 valence electrons. The summed E-state index contributed by atoms with van der Waals surface area (Å²) in [4.78, 5) is 10.9. The van der Waals surface area contributed by atoms with E-state index < -0.39 is 0 Å². The SMILES string of the molecule is Cc1nc(CCN2CCN(C)CC2)sc1C(N)=S. The summed E-state index contributed by atoms with van der Waals surface area (Å²) in [6.45, 7) is 7.69. The van der Waals surface area contributed by atoms with Crippen LogP contribution in [0, 0.1) is 6.92 Å². The molecule has 18 heavy (non-hydrogen) atoms. The summed E-state index contributed by atoms with van der Waals surface area (Å²) in [5.41, 5.74) is 6.64. The summed E-state index contributed by atoms with van der Waals surface area (Å²) < 4.78 is 0. The molecule has 2 rings (SSSR count). The molecule has 6 heteroatoms. The second kappa shape index (κ2) is 6.06. The fourth-order valence-corrected chi connectivity index (χ4v) is 3.29. The van der Waals surface area contributed by atoms with E-state index in [1.807, 2.05) is 6.92 Å². The normalized spacial score (nSPS) is 18.1. The number of hydrogen-bond acceptors (Lipinski definition) is 5. The Morgan fingerprint density at radius 2 is 2.06 bits per heavy atom. The Bertz CT molecular complexity index is 422. The molecule has 0 bridgehead atoms. The average molecular weight is 284 g/mol. The minimum Gasteiger partial charge on any atom is -0.389 e. The molecule has 2 heterocycles. The van der Waals surface area contributed by atoms with Crippen LogP contribution in [0.1, 0.15) is 15.6 Å². The number of hydrogen-bond donors (Lipinski definition) is 1. The zero-order valence-corrected chi connectivity index (χ0v) is 12.6. The first-order valence-corrected chi connectivity index (χ1v) is 7.45. The van der Waals surface area contributed by atoms with Crippen molar-refractivity contribution in [3.63, 3.8) is 0 Å². The highest BCUT2D eigenvalue weighted by atomic mass is 32.1. The number of rotatable bonds is 4. The van der Waals surface area contributed by atoms with E-state index in [1.165, 1.54) is 0 Å². The van der Waals surface area contributed by atoms with E-state index in [-0.39, 0.29) is 0 Å². The van der Waals surface area contributed by atoms with E-state index in [1.54, 1.807) is 11.3 Å². The van der Waals surface area contributed by atoms with Crippen molar-refractivity contribution in [2.24, 2.45) is 5.73 Å². The number of aromatic nitrogens is 1.